The van der Waals surface area contributed by atoms with Gasteiger partial charge in [-0.05, 0) is 6.92 Å². The number of nitrogens with one attached hydrogen (secondary N) is 1. The zero-order valence-electron chi connectivity index (χ0n) is 7.09. The van der Waals surface area contributed by atoms with Crippen LogP contribution in [0.2, 0.25) is 0 Å². The number of hydrogen-bond donors (Lipinski definition) is 1. The fraction of sp³-hybridized carbons (Fsp3) is 0.857. The third-order valence-corrected chi connectivity index (χ3v) is 1.98. The van der Waals surface area contributed by atoms with Gasteiger partial charge in [-0.15, -0.1) is 12.4 Å². The van der Waals surface area contributed by atoms with E-state index in [0.717, 1.165) is 0 Å². The van der Waals surface area contributed by atoms with Crippen molar-refractivity contribution in [1.29, 1.82) is 0 Å². The maximum Gasteiger partial charge on any atom is 0.325 e. The summed E-state index contributed by atoms with van der Waals surface area (Å²) >= 11 is 0. The number of halogens is 2. The van der Waals surface area contributed by atoms with Crippen molar-refractivity contribution in [2.75, 3.05) is 13.7 Å². The van der Waals surface area contributed by atoms with Gasteiger partial charge in [-0.3, -0.25) is 10.1 Å². The molecule has 72 valence electrons. The second-order valence-corrected chi connectivity index (χ2v) is 3.01. The first-order valence-corrected chi connectivity index (χ1v) is 3.56. The highest BCUT2D eigenvalue weighted by Crippen LogP contribution is 2.22. The van der Waals surface area contributed by atoms with Crippen molar-refractivity contribution in [3.05, 3.63) is 0 Å². The summed E-state index contributed by atoms with van der Waals surface area (Å²) in [5, 5.41) is 2.78. The Morgan fingerprint density at radius 3 is 2.67 bits per heavy atom. The normalized spacial score (nSPS) is 34.1. The van der Waals surface area contributed by atoms with E-state index in [4.69, 9.17) is 0 Å². The summed E-state index contributed by atoms with van der Waals surface area (Å²) in [4.78, 5) is 11.0. The van der Waals surface area contributed by atoms with Crippen LogP contribution < -0.4 is 5.32 Å². The molecule has 0 saturated carbocycles. The van der Waals surface area contributed by atoms with Gasteiger partial charge in [0.25, 0.3) is 0 Å². The van der Waals surface area contributed by atoms with Crippen molar-refractivity contribution in [3.63, 3.8) is 0 Å². The monoisotopic (exact) mass is 197 g/mol. The number of esters is 1. The van der Waals surface area contributed by atoms with E-state index < -0.39 is 17.7 Å². The van der Waals surface area contributed by atoms with Gasteiger partial charge in [-0.25, -0.2) is 4.39 Å². The third-order valence-electron chi connectivity index (χ3n) is 1.98. The lowest BCUT2D eigenvalue weighted by Gasteiger charge is -2.19. The van der Waals surface area contributed by atoms with Gasteiger partial charge in [-0.2, -0.15) is 0 Å². The Bertz CT molecular complexity index is 179. The van der Waals surface area contributed by atoms with E-state index in [1.807, 2.05) is 0 Å². The van der Waals surface area contributed by atoms with Gasteiger partial charge in [0.1, 0.15) is 11.7 Å². The molecule has 0 radical (unpaired) electrons. The molecule has 1 saturated heterocycles. The predicted octanol–water partition coefficient (Wildman–Crippen LogP) is 0.671. The molecule has 1 aliphatic rings. The lowest BCUT2D eigenvalue weighted by atomic mass is 10.0. The highest BCUT2D eigenvalue weighted by Gasteiger charge is 2.41. The molecule has 1 unspecified atom stereocenters. The summed E-state index contributed by atoms with van der Waals surface area (Å²) in [5.74, 6) is -0.391. The van der Waals surface area contributed by atoms with Gasteiger partial charge >= 0.3 is 5.97 Å². The van der Waals surface area contributed by atoms with Crippen molar-refractivity contribution in [2.24, 2.45) is 0 Å². The number of alkyl halides is 1. The highest BCUT2D eigenvalue weighted by atomic mass is 35.5. The fourth-order valence-electron chi connectivity index (χ4n) is 1.30. The number of methoxy groups -OCH3 is 1. The van der Waals surface area contributed by atoms with E-state index in [-0.39, 0.29) is 25.4 Å². The van der Waals surface area contributed by atoms with Crippen LogP contribution >= 0.6 is 12.4 Å². The van der Waals surface area contributed by atoms with Crippen LogP contribution in [0.3, 0.4) is 0 Å². The van der Waals surface area contributed by atoms with E-state index in [2.05, 4.69) is 10.1 Å². The summed E-state index contributed by atoms with van der Waals surface area (Å²) in [5.41, 5.74) is -0.811. The van der Waals surface area contributed by atoms with Gasteiger partial charge in [0, 0.05) is 13.0 Å². The van der Waals surface area contributed by atoms with E-state index in [9.17, 15) is 9.18 Å². The number of ether oxygens (including phenoxy) is 1. The molecule has 12 heavy (non-hydrogen) atoms. The van der Waals surface area contributed by atoms with Gasteiger partial charge in [-0.1, -0.05) is 0 Å². The lowest BCUT2D eigenvalue weighted by molar-refractivity contribution is -0.147. The van der Waals surface area contributed by atoms with Crippen LogP contribution in [-0.4, -0.2) is 31.3 Å². The maximum atomic E-state index is 12.6. The van der Waals surface area contributed by atoms with Crippen LogP contribution in [0.15, 0.2) is 0 Å². The highest BCUT2D eigenvalue weighted by molar-refractivity contribution is 5.85. The minimum Gasteiger partial charge on any atom is -0.468 e. The average molecular weight is 198 g/mol. The minimum atomic E-state index is -0.931. The molecule has 0 amide bonds. The first-order valence-electron chi connectivity index (χ1n) is 3.56. The van der Waals surface area contributed by atoms with Gasteiger partial charge in [0.05, 0.1) is 7.11 Å². The number of carbonyl (C=O) groups excluding carboxylic acids is 1. The summed E-state index contributed by atoms with van der Waals surface area (Å²) in [7, 11) is 1.31. The second-order valence-electron chi connectivity index (χ2n) is 3.01. The number of rotatable bonds is 1. The van der Waals surface area contributed by atoms with Crippen LogP contribution in [0.5, 0.6) is 0 Å². The molecular weight excluding hydrogens is 185 g/mol. The molecule has 2 atom stereocenters. The van der Waals surface area contributed by atoms with Gasteiger partial charge in [0.2, 0.25) is 0 Å². The maximum absolute atomic E-state index is 12.6. The SMILES string of the molecule is COC(=O)[C@@]1(C)CC(F)CN1.Cl. The Hall–Kier alpha value is -0.350. The number of hydrogen-bond acceptors (Lipinski definition) is 3. The molecule has 1 aliphatic heterocycles. The van der Waals surface area contributed by atoms with E-state index >= 15 is 0 Å². The van der Waals surface area contributed by atoms with Crippen LogP contribution in [0.25, 0.3) is 0 Å². The average Bonchev–Trinajstić information content (AvgIpc) is 2.31. The zero-order valence-corrected chi connectivity index (χ0v) is 7.91. The molecule has 1 N–H and O–H groups in total. The second kappa shape index (κ2) is 4.05. The molecule has 0 aliphatic carbocycles. The van der Waals surface area contributed by atoms with Gasteiger partial charge in [0.15, 0.2) is 0 Å². The molecule has 0 aromatic rings. The molecular formula is C7H13ClFNO2. The van der Waals surface area contributed by atoms with Crippen molar-refractivity contribution < 1.29 is 13.9 Å². The molecule has 0 spiro atoms. The Balaban J connectivity index is 0.00000121. The van der Waals surface area contributed by atoms with E-state index in [1.54, 1.807) is 6.92 Å². The van der Waals surface area contributed by atoms with Crippen molar-refractivity contribution in [3.8, 4) is 0 Å². The fourth-order valence-corrected chi connectivity index (χ4v) is 1.30. The minimum absolute atomic E-state index is 0. The van der Waals surface area contributed by atoms with Crippen molar-refractivity contribution in [2.45, 2.75) is 25.1 Å². The first-order chi connectivity index (χ1) is 5.08. The van der Waals surface area contributed by atoms with Crippen molar-refractivity contribution >= 4 is 18.4 Å². The summed E-state index contributed by atoms with van der Waals surface area (Å²) in [6, 6.07) is 0. The standard InChI is InChI=1S/C7H12FNO2.ClH/c1-7(6(10)11-2)3-5(8)4-9-7;/h5,9H,3-4H2,1-2H3;1H/t5?,7-;/m1./s1. The first kappa shape index (κ1) is 11.6. The summed E-state index contributed by atoms with van der Waals surface area (Å²) < 4.78 is 17.2. The summed E-state index contributed by atoms with van der Waals surface area (Å²) in [6.07, 6.45) is -0.723. The molecule has 0 bridgehead atoms. The van der Waals surface area contributed by atoms with Crippen LogP contribution in [0, 0.1) is 0 Å². The topological polar surface area (TPSA) is 38.3 Å². The molecule has 0 aromatic carbocycles. The Morgan fingerprint density at radius 1 is 1.75 bits per heavy atom. The van der Waals surface area contributed by atoms with E-state index in [1.165, 1.54) is 7.11 Å². The Labute approximate surface area is 77.1 Å². The lowest BCUT2D eigenvalue weighted by Crippen LogP contribution is -2.45. The number of carbonyl (C=O) groups is 1. The molecule has 1 rings (SSSR count). The Kier molecular flexibility index (Phi) is 3.93. The predicted molar refractivity (Wildman–Crippen MR) is 45.2 cm³/mol. The molecule has 1 fully saturated rings. The summed E-state index contributed by atoms with van der Waals surface area (Å²) in [6.45, 7) is 1.89. The largest absolute Gasteiger partial charge is 0.468 e. The van der Waals surface area contributed by atoms with Crippen LogP contribution in [-0.2, 0) is 9.53 Å². The molecule has 3 nitrogen and oxygen atoms in total. The Morgan fingerprint density at radius 2 is 2.33 bits per heavy atom. The molecule has 1 heterocycles. The smallest absolute Gasteiger partial charge is 0.325 e. The van der Waals surface area contributed by atoms with Gasteiger partial charge < -0.3 is 4.74 Å². The zero-order chi connectivity index (χ0) is 8.48. The molecule has 0 aromatic heterocycles. The van der Waals surface area contributed by atoms with E-state index in [0.29, 0.717) is 0 Å². The quantitative estimate of drug-likeness (QED) is 0.628. The van der Waals surface area contributed by atoms with Crippen LogP contribution in [0.1, 0.15) is 13.3 Å². The third kappa shape index (κ3) is 2.08. The molecule has 5 heteroatoms. The van der Waals surface area contributed by atoms with Crippen LogP contribution in [0.4, 0.5) is 4.39 Å². The van der Waals surface area contributed by atoms with Crippen molar-refractivity contribution in [1.82, 2.24) is 5.32 Å².